The largest absolute Gasteiger partial charge is 0.260 e. The van der Waals surface area contributed by atoms with Gasteiger partial charge in [-0.2, -0.15) is 0 Å². The van der Waals surface area contributed by atoms with Crippen molar-refractivity contribution in [2.75, 3.05) is 0 Å². The van der Waals surface area contributed by atoms with Gasteiger partial charge >= 0.3 is 0 Å². The second kappa shape index (κ2) is 7.53. The van der Waals surface area contributed by atoms with Gasteiger partial charge in [-0.15, -0.1) is 0 Å². The summed E-state index contributed by atoms with van der Waals surface area (Å²) >= 11 is 0. The second-order valence-corrected chi connectivity index (χ2v) is 2.15. The maximum Gasteiger partial charge on any atom is 0.0513 e. The third-order valence-electron chi connectivity index (χ3n) is 1.53. The number of hydrogen-bond acceptors (Lipinski definition) is 1. The molecule has 0 radical (unpaired) electrons. The molecule has 1 aliphatic rings. The van der Waals surface area contributed by atoms with Crippen LogP contribution in [0.5, 0.6) is 0 Å². The normalized spacial score (nSPS) is 10.5. The highest BCUT2D eigenvalue weighted by atomic mass is 14.7. The molecule has 0 saturated carbocycles. The molecular weight excluding hydrogens is 158 g/mol. The van der Waals surface area contributed by atoms with Gasteiger partial charge in [0.15, 0.2) is 0 Å². The van der Waals surface area contributed by atoms with Crippen molar-refractivity contribution < 1.29 is 0 Å². The molecule has 1 aliphatic carbocycles. The van der Waals surface area contributed by atoms with Gasteiger partial charge in [0, 0.05) is 12.6 Å². The number of pyridine rings is 1. The Bertz CT molecular complexity index is 251. The zero-order chi connectivity index (χ0) is 10.1. The average molecular weight is 177 g/mol. The van der Waals surface area contributed by atoms with Crippen LogP contribution in [-0.4, -0.2) is 4.98 Å². The van der Waals surface area contributed by atoms with Gasteiger partial charge in [-0.25, -0.2) is 0 Å². The van der Waals surface area contributed by atoms with Crippen molar-refractivity contribution in [1.82, 2.24) is 4.98 Å². The standard InChI is InChI=1S/C8H7N.2C2H6/c1-3-7-4-2-6-9-8(7)5-1;2*1-2/h1-4,6H,5H2;2*1-2H3. The average Bonchev–Trinajstić information content (AvgIpc) is 2.71. The molecule has 13 heavy (non-hydrogen) atoms. The molecule has 1 nitrogen and oxygen atoms in total. The van der Waals surface area contributed by atoms with Crippen LogP contribution in [0.4, 0.5) is 0 Å². The lowest BCUT2D eigenvalue weighted by molar-refractivity contribution is 1.13. The Labute approximate surface area is 81.5 Å². The fourth-order valence-electron chi connectivity index (χ4n) is 1.07. The Morgan fingerprint density at radius 3 is 2.46 bits per heavy atom. The van der Waals surface area contributed by atoms with Gasteiger partial charge in [-0.1, -0.05) is 45.9 Å². The highest BCUT2D eigenvalue weighted by Gasteiger charge is 2.02. The summed E-state index contributed by atoms with van der Waals surface area (Å²) in [6.07, 6.45) is 7.10. The summed E-state index contributed by atoms with van der Waals surface area (Å²) in [7, 11) is 0. The molecule has 0 N–H and O–H groups in total. The van der Waals surface area contributed by atoms with Crippen LogP contribution in [0.15, 0.2) is 24.4 Å². The van der Waals surface area contributed by atoms with Crippen molar-refractivity contribution in [3.8, 4) is 0 Å². The minimum atomic E-state index is 1.01. The van der Waals surface area contributed by atoms with E-state index in [0.29, 0.717) is 0 Å². The fraction of sp³-hybridized carbons (Fsp3) is 0.417. The maximum atomic E-state index is 4.20. The van der Waals surface area contributed by atoms with Gasteiger partial charge in [0.2, 0.25) is 0 Å². The van der Waals surface area contributed by atoms with E-state index in [2.05, 4.69) is 23.2 Å². The summed E-state index contributed by atoms with van der Waals surface area (Å²) in [4.78, 5) is 4.20. The quantitative estimate of drug-likeness (QED) is 0.588. The molecule has 1 heterocycles. The van der Waals surface area contributed by atoms with Crippen LogP contribution in [0.25, 0.3) is 6.08 Å². The smallest absolute Gasteiger partial charge is 0.0513 e. The predicted octanol–water partition coefficient (Wildman–Crippen LogP) is 3.70. The first-order valence-electron chi connectivity index (χ1n) is 5.07. The third-order valence-corrected chi connectivity index (χ3v) is 1.53. The first kappa shape index (κ1) is 11.9. The number of rotatable bonds is 0. The number of hydrogen-bond donors (Lipinski definition) is 0. The molecular formula is C12H19N. The molecule has 2 rings (SSSR count). The van der Waals surface area contributed by atoms with Crippen LogP contribution in [-0.2, 0) is 6.42 Å². The van der Waals surface area contributed by atoms with Gasteiger partial charge in [-0.05, 0) is 11.6 Å². The zero-order valence-corrected chi connectivity index (χ0v) is 9.04. The van der Waals surface area contributed by atoms with Gasteiger partial charge in [0.25, 0.3) is 0 Å². The van der Waals surface area contributed by atoms with E-state index in [-0.39, 0.29) is 0 Å². The molecule has 1 heteroatoms. The van der Waals surface area contributed by atoms with E-state index in [0.717, 1.165) is 6.42 Å². The third kappa shape index (κ3) is 3.41. The van der Waals surface area contributed by atoms with Gasteiger partial charge in [0.1, 0.15) is 0 Å². The summed E-state index contributed by atoms with van der Waals surface area (Å²) in [5.74, 6) is 0. The molecule has 72 valence electrons. The second-order valence-electron chi connectivity index (χ2n) is 2.15. The van der Waals surface area contributed by atoms with E-state index in [9.17, 15) is 0 Å². The van der Waals surface area contributed by atoms with Crippen molar-refractivity contribution in [2.24, 2.45) is 0 Å². The molecule has 0 spiro atoms. The molecule has 0 aliphatic heterocycles. The van der Waals surface area contributed by atoms with Gasteiger partial charge < -0.3 is 0 Å². The van der Waals surface area contributed by atoms with E-state index in [1.54, 1.807) is 0 Å². The van der Waals surface area contributed by atoms with Crippen molar-refractivity contribution in [3.63, 3.8) is 0 Å². The SMILES string of the molecule is C1=Cc2cccnc2C1.CC.CC. The summed E-state index contributed by atoms with van der Waals surface area (Å²) in [5.41, 5.74) is 2.48. The first-order chi connectivity index (χ1) is 6.47. The minimum Gasteiger partial charge on any atom is -0.260 e. The molecule has 0 aromatic carbocycles. The number of nitrogens with zero attached hydrogens (tertiary/aromatic N) is 1. The van der Waals surface area contributed by atoms with E-state index in [4.69, 9.17) is 0 Å². The van der Waals surface area contributed by atoms with Crippen molar-refractivity contribution >= 4 is 6.08 Å². The van der Waals surface area contributed by atoms with Gasteiger partial charge in [-0.3, -0.25) is 4.98 Å². The van der Waals surface area contributed by atoms with E-state index < -0.39 is 0 Å². The fourth-order valence-corrected chi connectivity index (χ4v) is 1.07. The molecule has 0 amide bonds. The lowest BCUT2D eigenvalue weighted by atomic mass is 10.2. The highest BCUT2D eigenvalue weighted by Crippen LogP contribution is 2.14. The monoisotopic (exact) mass is 177 g/mol. The Balaban J connectivity index is 0.000000322. The van der Waals surface area contributed by atoms with Crippen LogP contribution >= 0.6 is 0 Å². The van der Waals surface area contributed by atoms with Crippen LogP contribution in [0.2, 0.25) is 0 Å². The molecule has 1 aromatic heterocycles. The van der Waals surface area contributed by atoms with Crippen molar-refractivity contribution in [3.05, 3.63) is 35.7 Å². The van der Waals surface area contributed by atoms with Crippen LogP contribution in [0.1, 0.15) is 39.0 Å². The Kier molecular flexibility index (Phi) is 6.89. The highest BCUT2D eigenvalue weighted by molar-refractivity contribution is 5.57. The molecule has 1 aromatic rings. The lowest BCUT2D eigenvalue weighted by Crippen LogP contribution is -1.83. The van der Waals surface area contributed by atoms with Crippen molar-refractivity contribution in [1.29, 1.82) is 0 Å². The Hall–Kier alpha value is -1.11. The van der Waals surface area contributed by atoms with Crippen LogP contribution in [0, 0.1) is 0 Å². The summed E-state index contributed by atoms with van der Waals surface area (Å²) in [6, 6.07) is 4.06. The van der Waals surface area contributed by atoms with E-state index >= 15 is 0 Å². The molecule has 0 fully saturated rings. The Morgan fingerprint density at radius 1 is 1.15 bits per heavy atom. The van der Waals surface area contributed by atoms with Crippen molar-refractivity contribution in [2.45, 2.75) is 34.1 Å². The summed E-state index contributed by atoms with van der Waals surface area (Å²) in [5, 5.41) is 0. The number of fused-ring (bicyclic) bond motifs is 1. The summed E-state index contributed by atoms with van der Waals surface area (Å²) in [6.45, 7) is 8.00. The predicted molar refractivity (Wildman–Crippen MR) is 59.7 cm³/mol. The van der Waals surface area contributed by atoms with Crippen LogP contribution in [0.3, 0.4) is 0 Å². The van der Waals surface area contributed by atoms with E-state index in [1.807, 2.05) is 40.0 Å². The molecule has 0 bridgehead atoms. The minimum absolute atomic E-state index is 1.01. The number of aromatic nitrogens is 1. The van der Waals surface area contributed by atoms with Gasteiger partial charge in [0.05, 0.1) is 5.69 Å². The summed E-state index contributed by atoms with van der Waals surface area (Å²) < 4.78 is 0. The number of allylic oxidation sites excluding steroid dienone is 1. The maximum absolute atomic E-state index is 4.20. The lowest BCUT2D eigenvalue weighted by Gasteiger charge is -1.92. The van der Waals surface area contributed by atoms with Crippen LogP contribution < -0.4 is 0 Å². The first-order valence-corrected chi connectivity index (χ1v) is 5.07. The topological polar surface area (TPSA) is 12.9 Å². The molecule has 0 atom stereocenters. The molecule has 0 unspecified atom stereocenters. The Morgan fingerprint density at radius 2 is 1.85 bits per heavy atom. The zero-order valence-electron chi connectivity index (χ0n) is 9.04. The van der Waals surface area contributed by atoms with E-state index in [1.165, 1.54) is 11.3 Å². The molecule has 0 saturated heterocycles.